The number of aromatic hydroxyl groups is 1. The molecule has 0 atom stereocenters. The molecule has 1 aromatic rings. The number of benzene rings is 1. The Bertz CT molecular complexity index is 527. The Morgan fingerprint density at radius 3 is 2.59 bits per heavy atom. The molecular weight excluding hydrogens is 236 g/mol. The van der Waals surface area contributed by atoms with Crippen LogP contribution in [0.2, 0.25) is 0 Å². The Morgan fingerprint density at radius 1 is 1.29 bits per heavy atom. The fraction of sp³-hybridized carbons (Fsp3) is 0.154. The van der Waals surface area contributed by atoms with Crippen LogP contribution in [0.15, 0.2) is 51.6 Å². The maximum absolute atomic E-state index is 9.18. The molecule has 0 amide bonds. The van der Waals surface area contributed by atoms with Crippen LogP contribution < -0.4 is 5.73 Å². The zero-order chi connectivity index (χ0) is 12.4. The Kier molecular flexibility index (Phi) is 3.20. The minimum absolute atomic E-state index is 0.214. The van der Waals surface area contributed by atoms with Crippen molar-refractivity contribution in [2.24, 2.45) is 10.7 Å². The van der Waals surface area contributed by atoms with Crippen LogP contribution >= 0.6 is 11.6 Å². The summed E-state index contributed by atoms with van der Waals surface area (Å²) in [4.78, 5) is 4.40. The largest absolute Gasteiger partial charge is 0.508 e. The highest BCUT2D eigenvalue weighted by Gasteiger charge is 2.13. The van der Waals surface area contributed by atoms with Gasteiger partial charge in [-0.25, -0.2) is 4.99 Å². The highest BCUT2D eigenvalue weighted by molar-refractivity contribution is 6.33. The number of rotatable bonds is 1. The van der Waals surface area contributed by atoms with E-state index in [1.165, 1.54) is 0 Å². The van der Waals surface area contributed by atoms with E-state index in [1.807, 2.05) is 13.0 Å². The zero-order valence-corrected chi connectivity index (χ0v) is 10.2. The third-order valence-corrected chi connectivity index (χ3v) is 2.82. The smallest absolute Gasteiger partial charge is 0.115 e. The van der Waals surface area contributed by atoms with E-state index in [0.29, 0.717) is 22.9 Å². The maximum Gasteiger partial charge on any atom is 0.115 e. The predicted molar refractivity (Wildman–Crippen MR) is 70.6 cm³/mol. The lowest BCUT2D eigenvalue weighted by molar-refractivity contribution is 0.475. The van der Waals surface area contributed by atoms with Gasteiger partial charge in [-0.3, -0.25) is 0 Å². The number of hydrogen-bond acceptors (Lipinski definition) is 3. The van der Waals surface area contributed by atoms with Crippen molar-refractivity contribution < 1.29 is 5.11 Å². The van der Waals surface area contributed by atoms with Gasteiger partial charge < -0.3 is 10.8 Å². The summed E-state index contributed by atoms with van der Waals surface area (Å²) in [6.45, 7) is 1.99. The summed E-state index contributed by atoms with van der Waals surface area (Å²) in [5, 5.41) is 9.81. The molecule has 0 radical (unpaired) electrons. The molecule has 1 aliphatic rings. The summed E-state index contributed by atoms with van der Waals surface area (Å²) in [5.74, 6) is 0.214. The monoisotopic (exact) mass is 248 g/mol. The van der Waals surface area contributed by atoms with Crippen molar-refractivity contribution in [1.82, 2.24) is 0 Å². The SMILES string of the molecule is CC1=CC(=Nc2ccc(O)cc2)C(N)=C(Cl)C1. The van der Waals surface area contributed by atoms with Gasteiger partial charge in [-0.05, 0) is 37.3 Å². The van der Waals surface area contributed by atoms with Crippen molar-refractivity contribution in [3.8, 4) is 5.75 Å². The molecule has 0 heterocycles. The van der Waals surface area contributed by atoms with Crippen molar-refractivity contribution in [3.05, 3.63) is 46.6 Å². The summed E-state index contributed by atoms with van der Waals surface area (Å²) in [7, 11) is 0. The first kappa shape index (κ1) is 11.7. The van der Waals surface area contributed by atoms with Gasteiger partial charge >= 0.3 is 0 Å². The van der Waals surface area contributed by atoms with Crippen molar-refractivity contribution in [2.75, 3.05) is 0 Å². The number of phenols is 1. The summed E-state index contributed by atoms with van der Waals surface area (Å²) in [6.07, 6.45) is 2.61. The number of hydrogen-bond donors (Lipinski definition) is 2. The molecule has 0 unspecified atom stereocenters. The lowest BCUT2D eigenvalue weighted by atomic mass is 10.0. The summed E-state index contributed by atoms with van der Waals surface area (Å²) in [6, 6.07) is 6.61. The third-order valence-electron chi connectivity index (χ3n) is 2.48. The summed E-state index contributed by atoms with van der Waals surface area (Å²) in [5.41, 5.74) is 8.93. The van der Waals surface area contributed by atoms with Gasteiger partial charge in [0.05, 0.1) is 17.1 Å². The summed E-state index contributed by atoms with van der Waals surface area (Å²) < 4.78 is 0. The standard InChI is InChI=1S/C13H13ClN2O/c1-8-6-11(14)13(15)12(7-8)16-9-2-4-10(17)5-3-9/h2-5,7,17H,6,15H2,1H3. The molecule has 0 saturated heterocycles. The molecule has 0 fully saturated rings. The minimum atomic E-state index is 0.214. The molecule has 17 heavy (non-hydrogen) atoms. The molecule has 2 rings (SSSR count). The van der Waals surface area contributed by atoms with E-state index in [2.05, 4.69) is 4.99 Å². The first-order valence-corrected chi connectivity index (χ1v) is 5.63. The van der Waals surface area contributed by atoms with Crippen LogP contribution in [0.1, 0.15) is 13.3 Å². The van der Waals surface area contributed by atoms with E-state index in [9.17, 15) is 5.11 Å². The molecule has 0 saturated carbocycles. The van der Waals surface area contributed by atoms with Crippen LogP contribution in [0.25, 0.3) is 0 Å². The molecule has 0 aromatic heterocycles. The van der Waals surface area contributed by atoms with Gasteiger partial charge in [0, 0.05) is 11.5 Å². The highest BCUT2D eigenvalue weighted by atomic mass is 35.5. The van der Waals surface area contributed by atoms with Gasteiger partial charge in [-0.2, -0.15) is 0 Å². The first-order chi connectivity index (χ1) is 8.06. The van der Waals surface area contributed by atoms with Gasteiger partial charge in [0.1, 0.15) is 5.75 Å². The second kappa shape index (κ2) is 4.63. The topological polar surface area (TPSA) is 58.6 Å². The first-order valence-electron chi connectivity index (χ1n) is 5.25. The van der Waals surface area contributed by atoms with Crippen LogP contribution in [-0.2, 0) is 0 Å². The van der Waals surface area contributed by atoms with Crippen molar-refractivity contribution >= 4 is 23.0 Å². The number of halogens is 1. The van der Waals surface area contributed by atoms with Crippen LogP contribution in [0.3, 0.4) is 0 Å². The Morgan fingerprint density at radius 2 is 1.94 bits per heavy atom. The Balaban J connectivity index is 2.38. The molecule has 4 heteroatoms. The average Bonchev–Trinajstić information content (AvgIpc) is 2.28. The molecule has 0 bridgehead atoms. The molecule has 0 spiro atoms. The quantitative estimate of drug-likeness (QED) is 0.802. The average molecular weight is 249 g/mol. The number of aliphatic imine (C=N–C) groups is 1. The van der Waals surface area contributed by atoms with Gasteiger partial charge in [0.25, 0.3) is 0 Å². The molecule has 3 N–H and O–H groups in total. The molecule has 1 aliphatic carbocycles. The van der Waals surface area contributed by atoms with E-state index < -0.39 is 0 Å². The lowest BCUT2D eigenvalue weighted by Crippen LogP contribution is -2.15. The van der Waals surface area contributed by atoms with Crippen LogP contribution in [0.4, 0.5) is 5.69 Å². The van der Waals surface area contributed by atoms with Crippen LogP contribution in [0.5, 0.6) is 5.75 Å². The third kappa shape index (κ3) is 2.68. The van der Waals surface area contributed by atoms with Crippen molar-refractivity contribution in [2.45, 2.75) is 13.3 Å². The fourth-order valence-electron chi connectivity index (χ4n) is 1.60. The maximum atomic E-state index is 9.18. The number of nitrogens with zero attached hydrogens (tertiary/aromatic N) is 1. The molecule has 3 nitrogen and oxygen atoms in total. The predicted octanol–water partition coefficient (Wildman–Crippen LogP) is 3.22. The van der Waals surface area contributed by atoms with Crippen molar-refractivity contribution in [3.63, 3.8) is 0 Å². The van der Waals surface area contributed by atoms with E-state index in [4.69, 9.17) is 17.3 Å². The fourth-order valence-corrected chi connectivity index (χ4v) is 1.91. The van der Waals surface area contributed by atoms with Gasteiger partial charge in [0.2, 0.25) is 0 Å². The normalized spacial score (nSPS) is 18.5. The van der Waals surface area contributed by atoms with E-state index in [-0.39, 0.29) is 5.75 Å². The van der Waals surface area contributed by atoms with Gasteiger partial charge in [-0.15, -0.1) is 0 Å². The minimum Gasteiger partial charge on any atom is -0.508 e. The second-order valence-corrected chi connectivity index (χ2v) is 4.46. The van der Waals surface area contributed by atoms with E-state index in [0.717, 1.165) is 11.3 Å². The Labute approximate surface area is 105 Å². The number of nitrogens with two attached hydrogens (primary N) is 1. The van der Waals surface area contributed by atoms with E-state index >= 15 is 0 Å². The molecule has 1 aromatic carbocycles. The number of allylic oxidation sites excluding steroid dienone is 3. The van der Waals surface area contributed by atoms with Crippen LogP contribution in [0, 0.1) is 0 Å². The second-order valence-electron chi connectivity index (χ2n) is 4.00. The lowest BCUT2D eigenvalue weighted by Gasteiger charge is -2.13. The van der Waals surface area contributed by atoms with Gasteiger partial charge in [0.15, 0.2) is 0 Å². The Hall–Kier alpha value is -1.74. The molecular formula is C13H13ClN2O. The van der Waals surface area contributed by atoms with Crippen LogP contribution in [-0.4, -0.2) is 10.8 Å². The summed E-state index contributed by atoms with van der Waals surface area (Å²) >= 11 is 6.04. The van der Waals surface area contributed by atoms with Crippen molar-refractivity contribution in [1.29, 1.82) is 0 Å². The molecule has 0 aliphatic heterocycles. The zero-order valence-electron chi connectivity index (χ0n) is 9.44. The number of phenolic OH excluding ortho intramolecular Hbond substituents is 1. The highest BCUT2D eigenvalue weighted by Crippen LogP contribution is 2.25. The van der Waals surface area contributed by atoms with Gasteiger partial charge in [-0.1, -0.05) is 17.2 Å². The van der Waals surface area contributed by atoms with E-state index in [1.54, 1.807) is 24.3 Å². The molecule has 88 valence electrons.